The van der Waals surface area contributed by atoms with Crippen LogP contribution in [0.3, 0.4) is 0 Å². The van der Waals surface area contributed by atoms with Gasteiger partial charge in [-0.05, 0) is 56.5 Å². The molecule has 0 aliphatic rings. The van der Waals surface area contributed by atoms with Crippen molar-refractivity contribution in [3.05, 3.63) is 54.3 Å². The third kappa shape index (κ3) is 3.02. The number of benzene rings is 1. The molecule has 0 radical (unpaired) electrons. The zero-order chi connectivity index (χ0) is 13.3. The van der Waals surface area contributed by atoms with Crippen molar-refractivity contribution in [1.29, 1.82) is 0 Å². The number of aliphatic hydroxyl groups excluding tert-OH is 1. The fraction of sp³-hybridized carbons (Fsp3) is 0.231. The Bertz CT molecular complexity index is 549. The molecule has 0 fully saturated rings. The molecule has 1 N–H and O–H groups in total. The third-order valence-corrected chi connectivity index (χ3v) is 5.78. The third-order valence-electron chi connectivity index (χ3n) is 2.65. The van der Waals surface area contributed by atoms with Crippen LogP contribution in [0.2, 0.25) is 0 Å². The van der Waals surface area contributed by atoms with Gasteiger partial charge in [0.25, 0.3) is 0 Å². The van der Waals surface area contributed by atoms with Crippen LogP contribution in [-0.2, 0) is 6.42 Å². The molecule has 1 unspecified atom stereocenters. The van der Waals surface area contributed by atoms with Gasteiger partial charge < -0.3 is 5.11 Å². The molecule has 5 heteroatoms. The van der Waals surface area contributed by atoms with E-state index in [2.05, 4.69) is 31.9 Å². The van der Waals surface area contributed by atoms with E-state index in [0.29, 0.717) is 10.9 Å². The number of halogens is 3. The van der Waals surface area contributed by atoms with Gasteiger partial charge in [0.15, 0.2) is 0 Å². The van der Waals surface area contributed by atoms with Gasteiger partial charge in [0, 0.05) is 20.6 Å². The highest BCUT2D eigenvalue weighted by Gasteiger charge is 2.15. The Morgan fingerprint density at radius 2 is 2.11 bits per heavy atom. The van der Waals surface area contributed by atoms with E-state index in [1.54, 1.807) is 17.4 Å². The second kappa shape index (κ2) is 5.82. The zero-order valence-electron chi connectivity index (χ0n) is 9.58. The van der Waals surface area contributed by atoms with Gasteiger partial charge in [0.1, 0.15) is 5.82 Å². The summed E-state index contributed by atoms with van der Waals surface area (Å²) in [6.45, 7) is 1.99. The summed E-state index contributed by atoms with van der Waals surface area (Å²) in [5.41, 5.74) is 0.768. The lowest BCUT2D eigenvalue weighted by Crippen LogP contribution is -2.01. The Hall–Kier alpha value is -0.230. The lowest BCUT2D eigenvalue weighted by Gasteiger charge is -2.10. The largest absolute Gasteiger partial charge is 0.387 e. The molecule has 1 aromatic carbocycles. The average molecular weight is 394 g/mol. The van der Waals surface area contributed by atoms with Crippen molar-refractivity contribution >= 4 is 43.2 Å². The molecule has 0 amide bonds. The monoisotopic (exact) mass is 392 g/mol. The number of hydrogen-bond donors (Lipinski definition) is 1. The van der Waals surface area contributed by atoms with E-state index in [4.69, 9.17) is 0 Å². The van der Waals surface area contributed by atoms with E-state index in [0.717, 1.165) is 19.8 Å². The molecule has 1 heterocycles. The summed E-state index contributed by atoms with van der Waals surface area (Å²) in [6.07, 6.45) is -0.219. The van der Waals surface area contributed by atoms with Gasteiger partial charge in [-0.2, -0.15) is 0 Å². The van der Waals surface area contributed by atoms with E-state index >= 15 is 0 Å². The first-order valence-corrected chi connectivity index (χ1v) is 7.76. The van der Waals surface area contributed by atoms with Crippen molar-refractivity contribution < 1.29 is 9.50 Å². The molecule has 0 aliphatic carbocycles. The fourth-order valence-electron chi connectivity index (χ4n) is 1.66. The lowest BCUT2D eigenvalue weighted by atomic mass is 10.1. The summed E-state index contributed by atoms with van der Waals surface area (Å²) in [6, 6.07) is 6.77. The van der Waals surface area contributed by atoms with Gasteiger partial charge in [-0.3, -0.25) is 0 Å². The fourth-order valence-corrected chi connectivity index (χ4v) is 3.63. The Kier molecular flexibility index (Phi) is 4.59. The average Bonchev–Trinajstić information content (AvgIpc) is 2.66. The summed E-state index contributed by atoms with van der Waals surface area (Å²) >= 11 is 8.18. The number of thiophene rings is 1. The Morgan fingerprint density at radius 1 is 1.39 bits per heavy atom. The van der Waals surface area contributed by atoms with Crippen molar-refractivity contribution in [2.75, 3.05) is 0 Å². The maximum Gasteiger partial charge on any atom is 0.137 e. The highest BCUT2D eigenvalue weighted by Crippen LogP contribution is 2.33. The van der Waals surface area contributed by atoms with Crippen LogP contribution in [0.15, 0.2) is 33.2 Å². The first kappa shape index (κ1) is 14.2. The smallest absolute Gasteiger partial charge is 0.137 e. The predicted octanol–water partition coefficient (Wildman–Crippen LogP) is 5.00. The number of hydrogen-bond acceptors (Lipinski definition) is 2. The van der Waals surface area contributed by atoms with E-state index in [1.165, 1.54) is 6.07 Å². The Labute approximate surface area is 126 Å². The molecule has 2 aromatic rings. The maximum absolute atomic E-state index is 13.4. The minimum absolute atomic E-state index is 0.303. The number of aryl methyl sites for hydroxylation is 1. The SMILES string of the molecule is Cc1sc(C(O)Cc2cccc(F)c2Br)cc1Br. The normalized spacial score (nSPS) is 12.7. The topological polar surface area (TPSA) is 20.2 Å². The molecule has 0 saturated carbocycles. The second-order valence-corrected chi connectivity index (χ2v) is 6.92. The molecule has 0 spiro atoms. The van der Waals surface area contributed by atoms with Gasteiger partial charge in [-0.25, -0.2) is 4.39 Å². The highest BCUT2D eigenvalue weighted by atomic mass is 79.9. The summed E-state index contributed by atoms with van der Waals surface area (Å²) in [7, 11) is 0. The van der Waals surface area contributed by atoms with Crippen molar-refractivity contribution in [3.8, 4) is 0 Å². The summed E-state index contributed by atoms with van der Waals surface area (Å²) in [4.78, 5) is 2.01. The number of rotatable bonds is 3. The van der Waals surface area contributed by atoms with Gasteiger partial charge in [0.05, 0.1) is 10.6 Å². The maximum atomic E-state index is 13.4. The van der Waals surface area contributed by atoms with Crippen LogP contribution >= 0.6 is 43.2 Å². The van der Waals surface area contributed by atoms with Gasteiger partial charge in [0.2, 0.25) is 0 Å². The van der Waals surface area contributed by atoms with Crippen molar-refractivity contribution in [2.45, 2.75) is 19.4 Å². The van der Waals surface area contributed by atoms with Crippen LogP contribution < -0.4 is 0 Å². The molecule has 1 nitrogen and oxygen atoms in total. The number of aliphatic hydroxyl groups is 1. The predicted molar refractivity (Wildman–Crippen MR) is 79.5 cm³/mol. The molecular weight excluding hydrogens is 383 g/mol. The van der Waals surface area contributed by atoms with Crippen LogP contribution in [0.25, 0.3) is 0 Å². The minimum Gasteiger partial charge on any atom is -0.387 e. The van der Waals surface area contributed by atoms with Crippen LogP contribution in [-0.4, -0.2) is 5.11 Å². The molecule has 1 aromatic heterocycles. The standard InChI is InChI=1S/C13H11Br2FOS/c1-7-9(14)6-12(18-7)11(17)5-8-3-2-4-10(16)13(8)15/h2-4,6,11,17H,5H2,1H3. The Morgan fingerprint density at radius 3 is 2.72 bits per heavy atom. The first-order chi connectivity index (χ1) is 8.49. The quantitative estimate of drug-likeness (QED) is 0.778. The van der Waals surface area contributed by atoms with Gasteiger partial charge in [-0.15, -0.1) is 11.3 Å². The summed E-state index contributed by atoms with van der Waals surface area (Å²) < 4.78 is 14.8. The molecule has 0 aliphatic heterocycles. The molecule has 0 saturated heterocycles. The van der Waals surface area contributed by atoms with Crippen LogP contribution in [0.1, 0.15) is 21.4 Å². The van der Waals surface area contributed by atoms with E-state index < -0.39 is 6.10 Å². The van der Waals surface area contributed by atoms with Crippen molar-refractivity contribution in [3.63, 3.8) is 0 Å². The van der Waals surface area contributed by atoms with Crippen molar-refractivity contribution in [2.24, 2.45) is 0 Å². The molecule has 2 rings (SSSR count). The first-order valence-electron chi connectivity index (χ1n) is 5.36. The minimum atomic E-state index is -0.613. The van der Waals surface area contributed by atoms with Crippen LogP contribution in [0.4, 0.5) is 4.39 Å². The lowest BCUT2D eigenvalue weighted by molar-refractivity contribution is 0.182. The molecular formula is C13H11Br2FOS. The van der Waals surface area contributed by atoms with E-state index in [-0.39, 0.29) is 5.82 Å². The second-order valence-electron chi connectivity index (χ2n) is 3.99. The zero-order valence-corrected chi connectivity index (χ0v) is 13.6. The van der Waals surface area contributed by atoms with Crippen molar-refractivity contribution in [1.82, 2.24) is 0 Å². The summed E-state index contributed by atoms with van der Waals surface area (Å²) in [5.74, 6) is -0.303. The van der Waals surface area contributed by atoms with Gasteiger partial charge >= 0.3 is 0 Å². The van der Waals surface area contributed by atoms with E-state index in [9.17, 15) is 9.50 Å². The summed E-state index contributed by atoms with van der Waals surface area (Å²) in [5, 5.41) is 10.2. The van der Waals surface area contributed by atoms with Crippen LogP contribution in [0, 0.1) is 12.7 Å². The molecule has 18 heavy (non-hydrogen) atoms. The molecule has 1 atom stereocenters. The Balaban J connectivity index is 2.21. The van der Waals surface area contributed by atoms with Gasteiger partial charge in [-0.1, -0.05) is 12.1 Å². The highest BCUT2D eigenvalue weighted by molar-refractivity contribution is 9.10. The van der Waals surface area contributed by atoms with Crippen LogP contribution in [0.5, 0.6) is 0 Å². The van der Waals surface area contributed by atoms with E-state index in [1.807, 2.05) is 19.1 Å². The molecule has 96 valence electrons. The molecule has 0 bridgehead atoms.